The molecule has 0 radical (unpaired) electrons. The summed E-state index contributed by atoms with van der Waals surface area (Å²) < 4.78 is 1.46. The summed E-state index contributed by atoms with van der Waals surface area (Å²) in [5.41, 5.74) is 0.638. The number of benzene rings is 1. The van der Waals surface area contributed by atoms with Gasteiger partial charge in [0.2, 0.25) is 5.43 Å². The predicted molar refractivity (Wildman–Crippen MR) is 70.0 cm³/mol. The average Bonchev–Trinajstić information content (AvgIpc) is 2.12. The second-order valence-electron chi connectivity index (χ2n) is 2.78. The van der Waals surface area contributed by atoms with Crippen molar-refractivity contribution in [3.63, 3.8) is 0 Å². The lowest BCUT2D eigenvalue weighted by Gasteiger charge is -2.01. The molecule has 0 bridgehead atoms. The van der Waals surface area contributed by atoms with Crippen LogP contribution in [0.25, 0.3) is 10.9 Å². The molecular weight excluding hydrogens is 380 g/mol. The first-order valence-electron chi connectivity index (χ1n) is 3.75. The first-order chi connectivity index (χ1) is 6.59. The third kappa shape index (κ3) is 1.70. The zero-order valence-corrected chi connectivity index (χ0v) is 11.3. The quantitative estimate of drug-likeness (QED) is 0.693. The highest BCUT2D eigenvalue weighted by molar-refractivity contribution is 14.1. The Morgan fingerprint density at radius 3 is 2.86 bits per heavy atom. The summed E-state index contributed by atoms with van der Waals surface area (Å²) in [5.74, 6) is 0. The monoisotopic (exact) mass is 383 g/mol. The number of rotatable bonds is 0. The summed E-state index contributed by atoms with van der Waals surface area (Å²) in [6.07, 6.45) is 1.60. The van der Waals surface area contributed by atoms with E-state index in [1.807, 2.05) is 12.1 Å². The molecular formula is C9H4BrClINO. The Balaban J connectivity index is 3.03. The van der Waals surface area contributed by atoms with Crippen LogP contribution in [0.4, 0.5) is 0 Å². The molecule has 2 nitrogen and oxygen atoms in total. The minimum Gasteiger partial charge on any atom is -0.359 e. The molecule has 0 saturated heterocycles. The number of H-pyrrole nitrogens is 1. The van der Waals surface area contributed by atoms with Gasteiger partial charge in [0.15, 0.2) is 0 Å². The smallest absolute Gasteiger partial charge is 0.203 e. The zero-order valence-electron chi connectivity index (χ0n) is 6.77. The average molecular weight is 384 g/mol. The number of aromatic amines is 1. The maximum Gasteiger partial charge on any atom is 0.203 e. The minimum atomic E-state index is -0.0424. The van der Waals surface area contributed by atoms with Gasteiger partial charge in [-0.1, -0.05) is 11.6 Å². The molecule has 0 aliphatic heterocycles. The lowest BCUT2D eigenvalue weighted by molar-refractivity contribution is 1.36. The molecule has 0 saturated carbocycles. The summed E-state index contributed by atoms with van der Waals surface area (Å²) in [6, 6.07) is 3.62. The number of halogens is 3. The third-order valence-electron chi connectivity index (χ3n) is 1.86. The van der Waals surface area contributed by atoms with Gasteiger partial charge in [-0.2, -0.15) is 0 Å². The van der Waals surface area contributed by atoms with Crippen molar-refractivity contribution in [2.45, 2.75) is 0 Å². The maximum atomic E-state index is 11.7. The maximum absolute atomic E-state index is 11.7. The molecule has 0 spiro atoms. The molecule has 72 valence electrons. The van der Waals surface area contributed by atoms with Crippen LogP contribution in [-0.2, 0) is 0 Å². The van der Waals surface area contributed by atoms with E-state index in [0.29, 0.717) is 20.4 Å². The van der Waals surface area contributed by atoms with E-state index in [1.165, 1.54) is 0 Å². The highest BCUT2D eigenvalue weighted by Gasteiger charge is 2.06. The second kappa shape index (κ2) is 3.83. The van der Waals surface area contributed by atoms with Crippen molar-refractivity contribution in [1.82, 2.24) is 4.98 Å². The first kappa shape index (κ1) is 10.4. The fourth-order valence-corrected chi connectivity index (χ4v) is 2.64. The Hall–Kier alpha value is -0.0700. The molecule has 14 heavy (non-hydrogen) atoms. The zero-order chi connectivity index (χ0) is 10.3. The molecule has 0 amide bonds. The predicted octanol–water partition coefficient (Wildman–Crippen LogP) is 3.55. The number of hydrogen-bond acceptors (Lipinski definition) is 1. The van der Waals surface area contributed by atoms with Crippen LogP contribution in [0.3, 0.4) is 0 Å². The molecule has 2 aromatic rings. The van der Waals surface area contributed by atoms with Crippen LogP contribution in [0.15, 0.2) is 27.6 Å². The minimum absolute atomic E-state index is 0.0424. The van der Waals surface area contributed by atoms with Crippen molar-refractivity contribution in [2.24, 2.45) is 0 Å². The molecule has 0 unspecified atom stereocenters. The summed E-state index contributed by atoms with van der Waals surface area (Å²) in [6.45, 7) is 0. The van der Waals surface area contributed by atoms with Crippen LogP contribution in [0, 0.1) is 3.57 Å². The van der Waals surface area contributed by atoms with Gasteiger partial charge < -0.3 is 4.98 Å². The van der Waals surface area contributed by atoms with Gasteiger partial charge in [0.25, 0.3) is 0 Å². The van der Waals surface area contributed by atoms with Crippen LogP contribution in [0.5, 0.6) is 0 Å². The van der Waals surface area contributed by atoms with Gasteiger partial charge in [-0.25, -0.2) is 0 Å². The fraction of sp³-hybridized carbons (Fsp3) is 0. The van der Waals surface area contributed by atoms with E-state index in [4.69, 9.17) is 11.6 Å². The van der Waals surface area contributed by atoms with Gasteiger partial charge in [0.05, 0.1) is 15.0 Å². The van der Waals surface area contributed by atoms with E-state index in [9.17, 15) is 4.79 Å². The summed E-state index contributed by atoms with van der Waals surface area (Å²) in [5, 5.41) is 1.17. The molecule has 1 heterocycles. The summed E-state index contributed by atoms with van der Waals surface area (Å²) >= 11 is 11.3. The van der Waals surface area contributed by atoms with E-state index in [0.717, 1.165) is 3.57 Å². The van der Waals surface area contributed by atoms with Gasteiger partial charge in [-0.3, -0.25) is 4.79 Å². The number of hydrogen-bond donors (Lipinski definition) is 1. The topological polar surface area (TPSA) is 32.9 Å². The Labute approximate surface area is 107 Å². The van der Waals surface area contributed by atoms with Gasteiger partial charge in [-0.15, -0.1) is 0 Å². The highest BCUT2D eigenvalue weighted by atomic mass is 127. The van der Waals surface area contributed by atoms with Crippen molar-refractivity contribution < 1.29 is 0 Å². The van der Waals surface area contributed by atoms with Gasteiger partial charge >= 0.3 is 0 Å². The van der Waals surface area contributed by atoms with Gasteiger partial charge in [0, 0.05) is 15.2 Å². The van der Waals surface area contributed by atoms with Crippen molar-refractivity contribution in [1.29, 1.82) is 0 Å². The van der Waals surface area contributed by atoms with Crippen molar-refractivity contribution >= 4 is 61.0 Å². The van der Waals surface area contributed by atoms with Crippen LogP contribution in [-0.4, -0.2) is 4.98 Å². The molecule has 1 aromatic heterocycles. The highest BCUT2D eigenvalue weighted by Crippen LogP contribution is 2.23. The third-order valence-corrected chi connectivity index (χ3v) is 3.37. The van der Waals surface area contributed by atoms with E-state index in [1.54, 1.807) is 6.20 Å². The summed E-state index contributed by atoms with van der Waals surface area (Å²) in [7, 11) is 0. The Bertz CT molecular complexity index is 566. The van der Waals surface area contributed by atoms with Crippen molar-refractivity contribution in [3.8, 4) is 0 Å². The Morgan fingerprint density at radius 1 is 1.43 bits per heavy atom. The van der Waals surface area contributed by atoms with Crippen LogP contribution in [0.2, 0.25) is 5.02 Å². The van der Waals surface area contributed by atoms with Crippen LogP contribution in [0.1, 0.15) is 0 Å². The molecule has 1 N–H and O–H groups in total. The van der Waals surface area contributed by atoms with Crippen molar-refractivity contribution in [2.75, 3.05) is 0 Å². The number of fused-ring (bicyclic) bond motifs is 1. The van der Waals surface area contributed by atoms with Crippen molar-refractivity contribution in [3.05, 3.63) is 41.6 Å². The molecule has 5 heteroatoms. The lowest BCUT2D eigenvalue weighted by atomic mass is 10.2. The normalized spacial score (nSPS) is 10.8. The summed E-state index contributed by atoms with van der Waals surface area (Å²) in [4.78, 5) is 14.7. The molecule has 1 aromatic carbocycles. The molecule has 2 rings (SSSR count). The van der Waals surface area contributed by atoms with E-state index < -0.39 is 0 Å². The number of nitrogens with one attached hydrogen (secondary N) is 1. The van der Waals surface area contributed by atoms with Crippen LogP contribution >= 0.6 is 50.1 Å². The van der Waals surface area contributed by atoms with E-state index >= 15 is 0 Å². The Kier molecular flexibility index (Phi) is 2.86. The van der Waals surface area contributed by atoms with Crippen LogP contribution < -0.4 is 5.43 Å². The van der Waals surface area contributed by atoms with Gasteiger partial charge in [-0.05, 0) is 50.7 Å². The fourth-order valence-electron chi connectivity index (χ4n) is 1.23. The Morgan fingerprint density at radius 2 is 2.14 bits per heavy atom. The first-order valence-corrected chi connectivity index (χ1v) is 6.00. The molecule has 0 aliphatic rings. The standard InChI is InChI=1S/C9H4BrClINO/c10-6-3-13-8-5(9(6)14)1-4(12)2-7(8)11/h1-3H,(H,13,14). The number of pyridine rings is 1. The van der Waals surface area contributed by atoms with E-state index in [2.05, 4.69) is 43.5 Å². The molecule has 0 fully saturated rings. The second-order valence-corrected chi connectivity index (χ2v) is 5.28. The van der Waals surface area contributed by atoms with Gasteiger partial charge in [0.1, 0.15) is 0 Å². The van der Waals surface area contributed by atoms with E-state index in [-0.39, 0.29) is 5.43 Å². The largest absolute Gasteiger partial charge is 0.359 e. The number of aromatic nitrogens is 1. The molecule has 0 atom stereocenters. The lowest BCUT2D eigenvalue weighted by Crippen LogP contribution is -2.03. The SMILES string of the molecule is O=c1c(Br)c[nH]c2c(Cl)cc(I)cc12. The molecule has 0 aliphatic carbocycles.